The molecule has 4 aliphatic rings. The van der Waals surface area contributed by atoms with Crippen LogP contribution in [0, 0.1) is 46.3 Å². The summed E-state index contributed by atoms with van der Waals surface area (Å²) in [6.07, 6.45) is 12.3. The Morgan fingerprint density at radius 1 is 0.972 bits per heavy atom. The minimum atomic E-state index is -0.438. The van der Waals surface area contributed by atoms with Gasteiger partial charge in [-0.2, -0.15) is 0 Å². The minimum Gasteiger partial charge on any atom is -0.389 e. The minimum absolute atomic E-state index is 0.0190. The van der Waals surface area contributed by atoms with E-state index in [4.69, 9.17) is 0 Å². The van der Waals surface area contributed by atoms with Gasteiger partial charge >= 0.3 is 0 Å². The highest BCUT2D eigenvalue weighted by Crippen LogP contribution is 2.67. The molecule has 1 aromatic rings. The first-order valence-electron chi connectivity index (χ1n) is 14.9. The normalized spacial score (nSPS) is 38.9. The van der Waals surface area contributed by atoms with E-state index in [1.165, 1.54) is 44.1 Å². The Hall–Kier alpha value is -1.61. The number of benzene rings is 1. The fourth-order valence-corrected chi connectivity index (χ4v) is 9.26. The third-order valence-electron chi connectivity index (χ3n) is 11.2. The molecule has 3 heteroatoms. The summed E-state index contributed by atoms with van der Waals surface area (Å²) in [5.41, 5.74) is 2.54. The van der Waals surface area contributed by atoms with E-state index < -0.39 is 6.10 Å². The van der Waals surface area contributed by atoms with Crippen molar-refractivity contribution >= 4 is 5.91 Å². The summed E-state index contributed by atoms with van der Waals surface area (Å²) in [5.74, 6) is 3.62. The van der Waals surface area contributed by atoms with E-state index in [1.807, 2.05) is 12.1 Å². The van der Waals surface area contributed by atoms with Crippen molar-refractivity contribution in [2.24, 2.45) is 46.3 Å². The van der Waals surface area contributed by atoms with E-state index in [2.05, 4.69) is 63.8 Å². The molecule has 3 aliphatic carbocycles. The fraction of sp³-hybridized carbons (Fsp3) is 0.727. The lowest BCUT2D eigenvalue weighted by Crippen LogP contribution is -2.60. The Morgan fingerprint density at radius 2 is 1.72 bits per heavy atom. The third kappa shape index (κ3) is 4.38. The monoisotopic (exact) mass is 491 g/mol. The third-order valence-corrected chi connectivity index (χ3v) is 11.2. The molecule has 3 fully saturated rings. The standard InChI is InChI=1S/C33H49NO2/c1-22(2)10-9-11-23(3)26-14-15-27-30-28(17-19-32(26,27)4)33(5)18-16-25(35)20-29(33)34(31(30)36)21-24-12-7-6-8-13-24/h6-8,12-13,20,22-23,25-28,30,35H,9-11,14-19,21H2,1-5H3/t23-,25-,26-,27+,28+,30+,32-,33-/m1/s1. The van der Waals surface area contributed by atoms with Gasteiger partial charge in [0, 0.05) is 17.0 Å². The molecule has 1 amide bonds. The van der Waals surface area contributed by atoms with Crippen molar-refractivity contribution < 1.29 is 9.90 Å². The zero-order valence-electron chi connectivity index (χ0n) is 23.4. The summed E-state index contributed by atoms with van der Waals surface area (Å²) in [5, 5.41) is 10.6. The number of amides is 1. The Morgan fingerprint density at radius 3 is 2.44 bits per heavy atom. The number of piperidine rings is 1. The van der Waals surface area contributed by atoms with E-state index in [0.29, 0.717) is 24.3 Å². The summed E-state index contributed by atoms with van der Waals surface area (Å²) in [6, 6.07) is 10.4. The Bertz CT molecular complexity index is 969. The lowest BCUT2D eigenvalue weighted by Gasteiger charge is -2.60. The highest BCUT2D eigenvalue weighted by atomic mass is 16.3. The zero-order valence-corrected chi connectivity index (χ0v) is 23.4. The molecule has 36 heavy (non-hydrogen) atoms. The molecule has 0 radical (unpaired) electrons. The lowest BCUT2D eigenvalue weighted by atomic mass is 9.48. The average molecular weight is 492 g/mol. The van der Waals surface area contributed by atoms with Crippen LogP contribution < -0.4 is 0 Å². The Balaban J connectivity index is 1.45. The number of aliphatic hydroxyl groups excluding tert-OH is 1. The summed E-state index contributed by atoms with van der Waals surface area (Å²) in [4.78, 5) is 16.6. The number of aliphatic hydroxyl groups is 1. The van der Waals surface area contributed by atoms with Crippen LogP contribution in [0.5, 0.6) is 0 Å². The second kappa shape index (κ2) is 9.93. The number of carbonyl (C=O) groups excluding carboxylic acids is 1. The predicted molar refractivity (Wildman–Crippen MR) is 147 cm³/mol. The second-order valence-corrected chi connectivity index (χ2v) is 13.8. The molecule has 1 aliphatic heterocycles. The van der Waals surface area contributed by atoms with Gasteiger partial charge in [-0.3, -0.25) is 4.79 Å². The average Bonchev–Trinajstić information content (AvgIpc) is 3.20. The molecule has 1 saturated heterocycles. The Kier molecular flexibility index (Phi) is 7.18. The van der Waals surface area contributed by atoms with Gasteiger partial charge in [0.2, 0.25) is 5.91 Å². The van der Waals surface area contributed by atoms with Crippen molar-refractivity contribution in [2.75, 3.05) is 0 Å². The molecule has 3 nitrogen and oxygen atoms in total. The number of likely N-dealkylation sites (tertiary alicyclic amines) is 1. The SMILES string of the molecule is CC(C)CCC[C@@H](C)[C@H]1CC[C@H]2[C@@H]3C(=O)N(Cc4ccccc4)C4=C[C@H](O)CC[C@]4(C)[C@H]3CC[C@]12C. The van der Waals surface area contributed by atoms with Crippen molar-refractivity contribution in [1.29, 1.82) is 0 Å². The van der Waals surface area contributed by atoms with E-state index >= 15 is 0 Å². The first-order valence-corrected chi connectivity index (χ1v) is 14.9. The highest BCUT2D eigenvalue weighted by molar-refractivity contribution is 5.83. The number of hydrogen-bond donors (Lipinski definition) is 1. The quantitative estimate of drug-likeness (QED) is 0.427. The molecule has 0 bridgehead atoms. The van der Waals surface area contributed by atoms with E-state index in [1.54, 1.807) is 0 Å². The maximum atomic E-state index is 14.5. The van der Waals surface area contributed by atoms with Crippen LogP contribution in [0.4, 0.5) is 0 Å². The van der Waals surface area contributed by atoms with Crippen molar-refractivity contribution in [3.05, 3.63) is 47.7 Å². The summed E-state index contributed by atoms with van der Waals surface area (Å²) in [6.45, 7) is 12.8. The van der Waals surface area contributed by atoms with E-state index in [9.17, 15) is 9.90 Å². The van der Waals surface area contributed by atoms with E-state index in [-0.39, 0.29) is 16.7 Å². The molecule has 0 spiro atoms. The van der Waals surface area contributed by atoms with Crippen molar-refractivity contribution in [3.63, 3.8) is 0 Å². The first kappa shape index (κ1) is 26.0. The maximum absolute atomic E-state index is 14.5. The molecule has 5 rings (SSSR count). The van der Waals surface area contributed by atoms with Crippen LogP contribution in [0.15, 0.2) is 42.1 Å². The van der Waals surface area contributed by atoms with Gasteiger partial charge in [-0.1, -0.05) is 84.2 Å². The molecule has 198 valence electrons. The molecule has 1 N–H and O–H groups in total. The summed E-state index contributed by atoms with van der Waals surface area (Å²) in [7, 11) is 0. The maximum Gasteiger partial charge on any atom is 0.230 e. The number of carbonyl (C=O) groups is 1. The van der Waals surface area contributed by atoms with Crippen LogP contribution in [-0.2, 0) is 11.3 Å². The molecular formula is C33H49NO2. The number of hydrogen-bond acceptors (Lipinski definition) is 2. The molecule has 8 atom stereocenters. The summed E-state index contributed by atoms with van der Waals surface area (Å²) < 4.78 is 0. The smallest absolute Gasteiger partial charge is 0.230 e. The topological polar surface area (TPSA) is 40.5 Å². The van der Waals surface area contributed by atoms with Gasteiger partial charge in [0.25, 0.3) is 0 Å². The van der Waals surface area contributed by atoms with Crippen LogP contribution >= 0.6 is 0 Å². The molecule has 1 aromatic carbocycles. The van der Waals surface area contributed by atoms with E-state index in [0.717, 1.165) is 42.7 Å². The van der Waals surface area contributed by atoms with Crippen molar-refractivity contribution in [1.82, 2.24) is 4.90 Å². The second-order valence-electron chi connectivity index (χ2n) is 13.8. The van der Waals surface area contributed by atoms with Crippen molar-refractivity contribution in [3.8, 4) is 0 Å². The molecule has 2 saturated carbocycles. The van der Waals surface area contributed by atoms with Gasteiger partial charge < -0.3 is 10.0 Å². The Labute approximate surface area is 219 Å². The highest BCUT2D eigenvalue weighted by Gasteiger charge is 2.63. The molecular weight excluding hydrogens is 442 g/mol. The van der Waals surface area contributed by atoms with Crippen LogP contribution in [0.2, 0.25) is 0 Å². The summed E-state index contributed by atoms with van der Waals surface area (Å²) >= 11 is 0. The lowest BCUT2D eigenvalue weighted by molar-refractivity contribution is -0.159. The predicted octanol–water partition coefficient (Wildman–Crippen LogP) is 7.59. The number of fused-ring (bicyclic) bond motifs is 5. The van der Waals surface area contributed by atoms with Gasteiger partial charge in [0.1, 0.15) is 0 Å². The molecule has 1 heterocycles. The van der Waals surface area contributed by atoms with Crippen LogP contribution in [-0.4, -0.2) is 22.0 Å². The largest absolute Gasteiger partial charge is 0.389 e. The van der Waals surface area contributed by atoms with Crippen molar-refractivity contribution in [2.45, 2.75) is 105 Å². The van der Waals surface area contributed by atoms with Crippen LogP contribution in [0.3, 0.4) is 0 Å². The van der Waals surface area contributed by atoms with Gasteiger partial charge in [0.05, 0.1) is 12.6 Å². The zero-order chi connectivity index (χ0) is 25.7. The number of allylic oxidation sites excluding steroid dienone is 1. The van der Waals surface area contributed by atoms with Gasteiger partial charge in [-0.05, 0) is 85.2 Å². The van der Waals surface area contributed by atoms with Gasteiger partial charge in [0.15, 0.2) is 0 Å². The fourth-order valence-electron chi connectivity index (χ4n) is 9.26. The number of nitrogens with zero attached hydrogens (tertiary/aromatic N) is 1. The molecule has 0 aromatic heterocycles. The first-order chi connectivity index (χ1) is 17.1. The van der Waals surface area contributed by atoms with Gasteiger partial charge in [-0.25, -0.2) is 0 Å². The van der Waals surface area contributed by atoms with Crippen LogP contribution in [0.25, 0.3) is 0 Å². The van der Waals surface area contributed by atoms with Crippen LogP contribution in [0.1, 0.15) is 98.0 Å². The molecule has 0 unspecified atom stereocenters. The number of rotatable bonds is 7. The van der Waals surface area contributed by atoms with Gasteiger partial charge in [-0.15, -0.1) is 0 Å².